The van der Waals surface area contributed by atoms with Crippen LogP contribution in [0.5, 0.6) is 0 Å². The van der Waals surface area contributed by atoms with Crippen molar-refractivity contribution in [3.05, 3.63) is 79.0 Å². The Labute approximate surface area is 129 Å². The van der Waals surface area contributed by atoms with Crippen molar-refractivity contribution in [3.8, 4) is 0 Å². The summed E-state index contributed by atoms with van der Waals surface area (Å²) in [5.41, 5.74) is 1.53. The predicted molar refractivity (Wildman–Crippen MR) is 73.8 cm³/mol. The van der Waals surface area contributed by atoms with E-state index in [1.807, 2.05) is 0 Å². The van der Waals surface area contributed by atoms with Crippen molar-refractivity contribution in [2.45, 2.75) is 17.0 Å². The fourth-order valence-corrected chi connectivity index (χ4v) is 12.8. The summed E-state index contributed by atoms with van der Waals surface area (Å²) in [4.78, 5) is 0. The normalized spacial score (nSPS) is 16.0. The zero-order valence-electron chi connectivity index (χ0n) is 10.9. The topological polar surface area (TPSA) is 0 Å². The fourth-order valence-electron chi connectivity index (χ4n) is 2.58. The van der Waals surface area contributed by atoms with Crippen molar-refractivity contribution in [2.75, 3.05) is 0 Å². The Morgan fingerprint density at radius 1 is 0.842 bits per heavy atom. The number of allylic oxidation sites excluding steroid dienone is 8. The van der Waals surface area contributed by atoms with E-state index in [1.54, 1.807) is 6.66 Å². The molecule has 0 heterocycles. The van der Waals surface area contributed by atoms with Gasteiger partial charge in [0.1, 0.15) is 0 Å². The smallest absolute Gasteiger partial charge is 1.00 e. The van der Waals surface area contributed by atoms with Crippen molar-refractivity contribution in [3.63, 3.8) is 0 Å². The molecule has 0 fully saturated rings. The van der Waals surface area contributed by atoms with Crippen LogP contribution < -0.4 is 12.4 Å². The van der Waals surface area contributed by atoms with Crippen LogP contribution in [0.2, 0.25) is 0 Å². The number of benzene rings is 1. The zero-order chi connectivity index (χ0) is 12.2. The van der Waals surface area contributed by atoms with Crippen LogP contribution in [0.4, 0.5) is 0 Å². The van der Waals surface area contributed by atoms with Gasteiger partial charge in [-0.1, -0.05) is 0 Å². The molecule has 0 aromatic heterocycles. The second-order valence-corrected chi connectivity index (χ2v) is 14.1. The Bertz CT molecular complexity index is 508. The molecule has 1 aromatic carbocycles. The van der Waals surface area contributed by atoms with Gasteiger partial charge in [-0.05, 0) is 0 Å². The summed E-state index contributed by atoms with van der Waals surface area (Å²) < 4.78 is 4.89. The average molecular weight is 435 g/mol. The van der Waals surface area contributed by atoms with Gasteiger partial charge in [0.2, 0.25) is 0 Å². The molecule has 0 atom stereocenters. The summed E-state index contributed by atoms with van der Waals surface area (Å²) in [6, 6.07) is 11.0. The molecule has 3 rings (SSSR count). The molecule has 0 radical (unpaired) electrons. The van der Waals surface area contributed by atoms with Crippen LogP contribution >= 0.6 is 0 Å². The zero-order valence-corrected chi connectivity index (χ0v) is 15.2. The molecule has 0 bridgehead atoms. The van der Waals surface area contributed by atoms with E-state index in [-0.39, 0.29) is 12.4 Å². The standard InChI is InChI=1S/C7H7.2C5H5.ClH.Hf/c1-7-5-3-2-4-6-7;2*1-2-4-5-3-1;;/h2-6H,1H2;2*1-3H,4H2;1H;/q;;;;+1/p-1. The Morgan fingerprint density at radius 3 is 1.89 bits per heavy atom. The largest absolute Gasteiger partial charge is 1.00 e. The summed E-state index contributed by atoms with van der Waals surface area (Å²) in [7, 11) is 0. The molecular weight excluding hydrogens is 418 g/mol. The monoisotopic (exact) mass is 436 g/mol. The van der Waals surface area contributed by atoms with Crippen LogP contribution in [0.25, 0.3) is 0 Å². The Hall–Kier alpha value is -0.660. The molecule has 2 aliphatic carbocycles. The third kappa shape index (κ3) is 3.67. The second-order valence-electron chi connectivity index (χ2n) is 4.79. The van der Waals surface area contributed by atoms with E-state index in [2.05, 4.69) is 66.8 Å². The molecule has 0 spiro atoms. The number of rotatable bonds is 4. The van der Waals surface area contributed by atoms with Crippen molar-refractivity contribution in [2.24, 2.45) is 0 Å². The number of hydrogen-bond donors (Lipinski definition) is 0. The molecule has 0 saturated carbocycles. The van der Waals surface area contributed by atoms with Crippen LogP contribution in [0.1, 0.15) is 18.4 Å². The van der Waals surface area contributed by atoms with Crippen LogP contribution in [0, 0.1) is 0 Å². The van der Waals surface area contributed by atoms with Crippen molar-refractivity contribution >= 4 is 0 Å². The van der Waals surface area contributed by atoms with Gasteiger partial charge in [-0.2, -0.15) is 0 Å². The molecule has 0 amide bonds. The maximum absolute atomic E-state index is 2.39. The van der Waals surface area contributed by atoms with Gasteiger partial charge >= 0.3 is 117 Å². The van der Waals surface area contributed by atoms with E-state index < -0.39 is 21.4 Å². The third-order valence-corrected chi connectivity index (χ3v) is 14.5. The second kappa shape index (κ2) is 7.21. The van der Waals surface area contributed by atoms with E-state index in [0.29, 0.717) is 0 Å². The molecule has 0 nitrogen and oxygen atoms in total. The molecular formula is C17H17ClHf. The van der Waals surface area contributed by atoms with Gasteiger partial charge in [-0.3, -0.25) is 0 Å². The number of hydrogen-bond acceptors (Lipinski definition) is 0. The summed E-state index contributed by atoms with van der Waals surface area (Å²) in [5.74, 6) is 0. The molecule has 2 aliphatic rings. The summed E-state index contributed by atoms with van der Waals surface area (Å²) in [6.45, 7) is 0. The molecule has 2 heteroatoms. The van der Waals surface area contributed by atoms with Crippen LogP contribution in [-0.2, 0) is 25.6 Å². The first-order valence-corrected chi connectivity index (χ1v) is 12.7. The SMILES string of the molecule is C1=CC[C]([Hf+]([CH2]c2ccccc2)[C]2=CC=CC2)=C1.[Cl-]. The fraction of sp³-hybridized carbons (Fsp3) is 0.176. The summed E-state index contributed by atoms with van der Waals surface area (Å²) in [6.07, 6.45) is 16.3. The van der Waals surface area contributed by atoms with E-state index in [0.717, 1.165) is 0 Å². The van der Waals surface area contributed by atoms with Crippen molar-refractivity contribution < 1.29 is 33.8 Å². The number of halogens is 1. The van der Waals surface area contributed by atoms with Gasteiger partial charge in [0.05, 0.1) is 0 Å². The molecule has 0 unspecified atom stereocenters. The maximum Gasteiger partial charge on any atom is -1.00 e. The Kier molecular flexibility index (Phi) is 5.59. The first kappa shape index (κ1) is 14.7. The molecule has 96 valence electrons. The molecule has 19 heavy (non-hydrogen) atoms. The van der Waals surface area contributed by atoms with Crippen LogP contribution in [0.3, 0.4) is 0 Å². The summed E-state index contributed by atoms with van der Waals surface area (Å²) >= 11 is -1.79. The summed E-state index contributed by atoms with van der Waals surface area (Å²) in [5, 5.41) is 0. The van der Waals surface area contributed by atoms with Crippen LogP contribution in [-0.4, -0.2) is 0 Å². The molecule has 1 aromatic rings. The van der Waals surface area contributed by atoms with E-state index >= 15 is 0 Å². The molecule has 0 N–H and O–H groups in total. The quantitative estimate of drug-likeness (QED) is 0.630. The van der Waals surface area contributed by atoms with Crippen LogP contribution in [0.15, 0.2) is 73.4 Å². The van der Waals surface area contributed by atoms with Gasteiger partial charge in [0, 0.05) is 0 Å². The third-order valence-electron chi connectivity index (χ3n) is 3.54. The van der Waals surface area contributed by atoms with Gasteiger partial charge in [-0.15, -0.1) is 0 Å². The molecule has 0 saturated heterocycles. The van der Waals surface area contributed by atoms with Gasteiger partial charge in [0.15, 0.2) is 0 Å². The van der Waals surface area contributed by atoms with E-state index in [9.17, 15) is 0 Å². The first-order chi connectivity index (χ1) is 8.93. The Morgan fingerprint density at radius 2 is 1.42 bits per heavy atom. The van der Waals surface area contributed by atoms with Gasteiger partial charge in [-0.25, -0.2) is 0 Å². The van der Waals surface area contributed by atoms with Gasteiger partial charge < -0.3 is 12.4 Å². The average Bonchev–Trinajstić information content (AvgIpc) is 3.11. The van der Waals surface area contributed by atoms with Crippen molar-refractivity contribution in [1.82, 2.24) is 0 Å². The molecule has 0 aliphatic heterocycles. The minimum Gasteiger partial charge on any atom is -1.00 e. The van der Waals surface area contributed by atoms with E-state index in [4.69, 9.17) is 0 Å². The minimum atomic E-state index is -1.79. The Balaban J connectivity index is 0.00000133. The minimum absolute atomic E-state index is 0. The van der Waals surface area contributed by atoms with Crippen molar-refractivity contribution in [1.29, 1.82) is 0 Å². The maximum atomic E-state index is 2.39. The van der Waals surface area contributed by atoms with Gasteiger partial charge in [0.25, 0.3) is 0 Å². The first-order valence-electron chi connectivity index (χ1n) is 6.55. The predicted octanol–water partition coefficient (Wildman–Crippen LogP) is 1.50. The van der Waals surface area contributed by atoms with E-state index in [1.165, 1.54) is 22.6 Å².